The third kappa shape index (κ3) is 3.30. The molecule has 0 amide bonds. The number of nitrogens with zero attached hydrogens (tertiary/aromatic N) is 3. The molecule has 0 aromatic carbocycles. The molecule has 1 aliphatic carbocycles. The van der Waals surface area contributed by atoms with Crippen molar-refractivity contribution in [2.45, 2.75) is 51.1 Å². The average Bonchev–Trinajstić information content (AvgIpc) is 2.52. The SMILES string of the molecule is Cn1cnc(CNC2CCCCCC2)n1. The van der Waals surface area contributed by atoms with E-state index in [-0.39, 0.29) is 0 Å². The Balaban J connectivity index is 1.76. The fourth-order valence-electron chi connectivity index (χ4n) is 2.18. The Morgan fingerprint density at radius 3 is 2.67 bits per heavy atom. The van der Waals surface area contributed by atoms with E-state index >= 15 is 0 Å². The second-order valence-electron chi connectivity index (χ2n) is 4.40. The third-order valence-electron chi connectivity index (χ3n) is 3.05. The molecule has 0 aliphatic heterocycles. The number of hydrogen-bond acceptors (Lipinski definition) is 3. The summed E-state index contributed by atoms with van der Waals surface area (Å²) in [6.07, 6.45) is 9.92. The molecule has 0 atom stereocenters. The van der Waals surface area contributed by atoms with Gasteiger partial charge in [0, 0.05) is 13.1 Å². The first kappa shape index (κ1) is 10.6. The quantitative estimate of drug-likeness (QED) is 0.768. The van der Waals surface area contributed by atoms with E-state index in [4.69, 9.17) is 0 Å². The first-order chi connectivity index (χ1) is 7.34. The number of rotatable bonds is 3. The molecule has 1 saturated carbocycles. The smallest absolute Gasteiger partial charge is 0.164 e. The molecule has 1 aliphatic rings. The van der Waals surface area contributed by atoms with Gasteiger partial charge in [-0.1, -0.05) is 25.7 Å². The largest absolute Gasteiger partial charge is 0.307 e. The van der Waals surface area contributed by atoms with Crippen molar-refractivity contribution in [1.82, 2.24) is 20.1 Å². The van der Waals surface area contributed by atoms with Crippen LogP contribution in [0.5, 0.6) is 0 Å². The molecule has 0 saturated heterocycles. The molecular weight excluding hydrogens is 188 g/mol. The number of hydrogen-bond donors (Lipinski definition) is 1. The Bertz CT molecular complexity index is 287. The van der Waals surface area contributed by atoms with E-state index in [1.54, 1.807) is 11.0 Å². The minimum atomic E-state index is 0.677. The zero-order valence-electron chi connectivity index (χ0n) is 9.45. The molecular formula is C11H20N4. The molecule has 1 aromatic rings. The van der Waals surface area contributed by atoms with Gasteiger partial charge in [0.05, 0.1) is 6.54 Å². The van der Waals surface area contributed by atoms with E-state index in [1.165, 1.54) is 38.5 Å². The van der Waals surface area contributed by atoms with E-state index in [1.807, 2.05) is 7.05 Å². The van der Waals surface area contributed by atoms with E-state index in [2.05, 4.69) is 15.4 Å². The van der Waals surface area contributed by atoms with Gasteiger partial charge in [0.25, 0.3) is 0 Å². The molecule has 1 heterocycles. The maximum Gasteiger partial charge on any atom is 0.164 e. The maximum absolute atomic E-state index is 4.26. The van der Waals surface area contributed by atoms with Crippen molar-refractivity contribution >= 4 is 0 Å². The lowest BCUT2D eigenvalue weighted by molar-refractivity contribution is 0.452. The summed E-state index contributed by atoms with van der Waals surface area (Å²) in [5.74, 6) is 0.904. The van der Waals surface area contributed by atoms with Gasteiger partial charge in [-0.3, -0.25) is 4.68 Å². The van der Waals surface area contributed by atoms with Crippen LogP contribution in [0.1, 0.15) is 44.3 Å². The molecule has 0 bridgehead atoms. The fraction of sp³-hybridized carbons (Fsp3) is 0.818. The van der Waals surface area contributed by atoms with Crippen molar-refractivity contribution in [1.29, 1.82) is 0 Å². The van der Waals surface area contributed by atoms with Crippen LogP contribution < -0.4 is 5.32 Å². The van der Waals surface area contributed by atoms with Gasteiger partial charge in [0.2, 0.25) is 0 Å². The van der Waals surface area contributed by atoms with Crippen molar-refractivity contribution in [3.05, 3.63) is 12.2 Å². The second kappa shape index (κ2) is 5.26. The predicted octanol–water partition coefficient (Wildman–Crippen LogP) is 1.63. The van der Waals surface area contributed by atoms with Crippen molar-refractivity contribution in [2.75, 3.05) is 0 Å². The van der Waals surface area contributed by atoms with Crippen molar-refractivity contribution < 1.29 is 0 Å². The van der Waals surface area contributed by atoms with Crippen LogP contribution in [0.15, 0.2) is 6.33 Å². The van der Waals surface area contributed by atoms with E-state index in [0.717, 1.165) is 12.4 Å². The van der Waals surface area contributed by atoms with E-state index in [9.17, 15) is 0 Å². The minimum Gasteiger partial charge on any atom is -0.307 e. The monoisotopic (exact) mass is 208 g/mol. The average molecular weight is 208 g/mol. The summed E-state index contributed by atoms with van der Waals surface area (Å²) in [5, 5.41) is 7.81. The summed E-state index contributed by atoms with van der Waals surface area (Å²) in [4.78, 5) is 4.21. The number of aromatic nitrogens is 3. The highest BCUT2D eigenvalue weighted by Gasteiger charge is 2.11. The highest BCUT2D eigenvalue weighted by atomic mass is 15.3. The molecule has 15 heavy (non-hydrogen) atoms. The van der Waals surface area contributed by atoms with Crippen molar-refractivity contribution in [2.24, 2.45) is 7.05 Å². The molecule has 1 aromatic heterocycles. The van der Waals surface area contributed by atoms with Crippen LogP contribution >= 0.6 is 0 Å². The van der Waals surface area contributed by atoms with Gasteiger partial charge in [-0.2, -0.15) is 5.10 Å². The standard InChI is InChI=1S/C11H20N4/c1-15-9-13-11(14-15)8-12-10-6-4-2-3-5-7-10/h9-10,12H,2-8H2,1H3. The van der Waals surface area contributed by atoms with Gasteiger partial charge in [-0.05, 0) is 12.8 Å². The minimum absolute atomic E-state index is 0.677. The summed E-state index contributed by atoms with van der Waals surface area (Å²) in [7, 11) is 1.90. The first-order valence-corrected chi connectivity index (χ1v) is 5.92. The van der Waals surface area contributed by atoms with Gasteiger partial charge in [-0.25, -0.2) is 4.98 Å². The first-order valence-electron chi connectivity index (χ1n) is 5.92. The Hall–Kier alpha value is -0.900. The summed E-state index contributed by atoms with van der Waals surface area (Å²) >= 11 is 0. The number of nitrogens with one attached hydrogen (secondary N) is 1. The predicted molar refractivity (Wildman–Crippen MR) is 59.3 cm³/mol. The van der Waals surface area contributed by atoms with Crippen LogP contribution in [0.4, 0.5) is 0 Å². The normalized spacial score (nSPS) is 19.0. The molecule has 1 N–H and O–H groups in total. The van der Waals surface area contributed by atoms with Crippen LogP contribution in [0, 0.1) is 0 Å². The van der Waals surface area contributed by atoms with Crippen LogP contribution in [0.3, 0.4) is 0 Å². The molecule has 0 spiro atoms. The second-order valence-corrected chi connectivity index (χ2v) is 4.40. The topological polar surface area (TPSA) is 42.7 Å². The zero-order valence-corrected chi connectivity index (χ0v) is 9.45. The summed E-state index contributed by atoms with van der Waals surface area (Å²) < 4.78 is 1.75. The highest BCUT2D eigenvalue weighted by Crippen LogP contribution is 2.17. The Morgan fingerprint density at radius 1 is 1.33 bits per heavy atom. The molecule has 0 radical (unpaired) electrons. The van der Waals surface area contributed by atoms with E-state index in [0.29, 0.717) is 6.04 Å². The number of aryl methyl sites for hydroxylation is 1. The molecule has 4 nitrogen and oxygen atoms in total. The Labute approximate surface area is 91.1 Å². The van der Waals surface area contributed by atoms with Crippen LogP contribution in [-0.4, -0.2) is 20.8 Å². The van der Waals surface area contributed by atoms with Gasteiger partial charge in [0.1, 0.15) is 6.33 Å². The Kier molecular flexibility index (Phi) is 3.72. The fourth-order valence-corrected chi connectivity index (χ4v) is 2.18. The van der Waals surface area contributed by atoms with Gasteiger partial charge in [0.15, 0.2) is 5.82 Å². The lowest BCUT2D eigenvalue weighted by Crippen LogP contribution is -2.28. The van der Waals surface area contributed by atoms with Gasteiger partial charge >= 0.3 is 0 Å². The van der Waals surface area contributed by atoms with E-state index < -0.39 is 0 Å². The molecule has 1 fully saturated rings. The van der Waals surface area contributed by atoms with Crippen molar-refractivity contribution in [3.8, 4) is 0 Å². The summed E-state index contributed by atoms with van der Waals surface area (Å²) in [6.45, 7) is 0.811. The zero-order chi connectivity index (χ0) is 10.5. The molecule has 4 heteroatoms. The van der Waals surface area contributed by atoms with Crippen LogP contribution in [0.25, 0.3) is 0 Å². The van der Waals surface area contributed by atoms with Crippen LogP contribution in [-0.2, 0) is 13.6 Å². The summed E-state index contributed by atoms with van der Waals surface area (Å²) in [6, 6.07) is 0.677. The van der Waals surface area contributed by atoms with Gasteiger partial charge in [-0.15, -0.1) is 0 Å². The molecule has 2 rings (SSSR count). The molecule has 0 unspecified atom stereocenters. The Morgan fingerprint density at radius 2 is 2.07 bits per heavy atom. The maximum atomic E-state index is 4.26. The third-order valence-corrected chi connectivity index (χ3v) is 3.05. The highest BCUT2D eigenvalue weighted by molar-refractivity contribution is 4.82. The van der Waals surface area contributed by atoms with Crippen molar-refractivity contribution in [3.63, 3.8) is 0 Å². The molecule has 84 valence electrons. The van der Waals surface area contributed by atoms with Crippen LogP contribution in [0.2, 0.25) is 0 Å². The van der Waals surface area contributed by atoms with Gasteiger partial charge < -0.3 is 5.32 Å². The summed E-state index contributed by atoms with van der Waals surface area (Å²) in [5.41, 5.74) is 0. The lowest BCUT2D eigenvalue weighted by atomic mass is 10.1. The lowest BCUT2D eigenvalue weighted by Gasteiger charge is -2.14.